The SMILES string of the molecule is O=C(N[C@H]1CCCC[C@H]2CC[C@@H](C(=O)O)N2C1=O)c1ccc2ccccc2c1. The first-order valence-corrected chi connectivity index (χ1v) is 9.89. The number of fused-ring (bicyclic) bond motifs is 2. The van der Waals surface area contributed by atoms with Crippen LogP contribution in [-0.4, -0.2) is 45.9 Å². The molecule has 3 atom stereocenters. The summed E-state index contributed by atoms with van der Waals surface area (Å²) in [4.78, 5) is 39.0. The van der Waals surface area contributed by atoms with E-state index in [2.05, 4.69) is 5.32 Å². The smallest absolute Gasteiger partial charge is 0.326 e. The van der Waals surface area contributed by atoms with Crippen molar-refractivity contribution in [3.8, 4) is 0 Å². The van der Waals surface area contributed by atoms with E-state index in [0.29, 0.717) is 24.8 Å². The molecule has 0 aliphatic carbocycles. The third-order valence-electron chi connectivity index (χ3n) is 5.94. The van der Waals surface area contributed by atoms with Gasteiger partial charge in [0, 0.05) is 11.6 Å². The Morgan fingerprint density at radius 2 is 1.71 bits per heavy atom. The van der Waals surface area contributed by atoms with E-state index < -0.39 is 18.1 Å². The molecule has 0 spiro atoms. The molecule has 2 fully saturated rings. The number of benzene rings is 2. The first kappa shape index (κ1) is 18.5. The Labute approximate surface area is 163 Å². The first-order valence-electron chi connectivity index (χ1n) is 9.89. The number of amides is 2. The van der Waals surface area contributed by atoms with Gasteiger partial charge in [-0.1, -0.05) is 43.2 Å². The number of hydrogen-bond donors (Lipinski definition) is 2. The summed E-state index contributed by atoms with van der Waals surface area (Å²) in [6.45, 7) is 0. The average molecular weight is 380 g/mol. The Kier molecular flexibility index (Phi) is 5.03. The molecule has 6 heteroatoms. The highest BCUT2D eigenvalue weighted by atomic mass is 16.4. The molecule has 28 heavy (non-hydrogen) atoms. The number of carbonyl (C=O) groups is 3. The van der Waals surface area contributed by atoms with Crippen molar-refractivity contribution in [2.24, 2.45) is 0 Å². The van der Waals surface area contributed by atoms with Crippen molar-refractivity contribution in [2.45, 2.75) is 56.7 Å². The Morgan fingerprint density at radius 1 is 0.964 bits per heavy atom. The molecule has 4 rings (SSSR count). The topological polar surface area (TPSA) is 86.7 Å². The molecule has 2 aromatic rings. The molecule has 6 nitrogen and oxygen atoms in total. The zero-order valence-corrected chi connectivity index (χ0v) is 15.6. The van der Waals surface area contributed by atoms with E-state index >= 15 is 0 Å². The lowest BCUT2D eigenvalue weighted by atomic mass is 9.98. The van der Waals surface area contributed by atoms with Crippen LogP contribution in [0.5, 0.6) is 0 Å². The second kappa shape index (κ2) is 7.62. The highest BCUT2D eigenvalue weighted by Crippen LogP contribution is 2.31. The summed E-state index contributed by atoms with van der Waals surface area (Å²) in [5.74, 6) is -1.52. The molecule has 2 heterocycles. The van der Waals surface area contributed by atoms with Crippen molar-refractivity contribution in [3.05, 3.63) is 48.0 Å². The first-order chi connectivity index (χ1) is 13.5. The van der Waals surface area contributed by atoms with Gasteiger partial charge < -0.3 is 15.3 Å². The van der Waals surface area contributed by atoms with E-state index in [1.165, 1.54) is 4.90 Å². The summed E-state index contributed by atoms with van der Waals surface area (Å²) in [6.07, 6.45) is 4.35. The second-order valence-electron chi connectivity index (χ2n) is 7.70. The molecule has 2 aliphatic rings. The predicted molar refractivity (Wildman–Crippen MR) is 105 cm³/mol. The van der Waals surface area contributed by atoms with Gasteiger partial charge in [-0.25, -0.2) is 4.79 Å². The van der Waals surface area contributed by atoms with Crippen molar-refractivity contribution in [1.82, 2.24) is 10.2 Å². The molecule has 146 valence electrons. The number of carboxylic acids is 1. The molecule has 0 unspecified atom stereocenters. The molecule has 0 bridgehead atoms. The van der Waals surface area contributed by atoms with E-state index in [-0.39, 0.29) is 17.9 Å². The van der Waals surface area contributed by atoms with Crippen LogP contribution in [0.3, 0.4) is 0 Å². The molecule has 0 radical (unpaired) electrons. The number of rotatable bonds is 3. The van der Waals surface area contributed by atoms with Crippen molar-refractivity contribution in [1.29, 1.82) is 0 Å². The minimum absolute atomic E-state index is 0.0334. The summed E-state index contributed by atoms with van der Waals surface area (Å²) in [7, 11) is 0. The lowest BCUT2D eigenvalue weighted by Crippen LogP contribution is -2.54. The van der Waals surface area contributed by atoms with Crippen LogP contribution in [0.25, 0.3) is 10.8 Å². The largest absolute Gasteiger partial charge is 0.480 e. The maximum Gasteiger partial charge on any atom is 0.326 e. The number of carbonyl (C=O) groups excluding carboxylic acids is 2. The summed E-state index contributed by atoms with van der Waals surface area (Å²) in [5, 5.41) is 14.4. The van der Waals surface area contributed by atoms with Crippen LogP contribution in [0.15, 0.2) is 42.5 Å². The van der Waals surface area contributed by atoms with Gasteiger partial charge in [-0.05, 0) is 48.6 Å². The number of nitrogens with zero attached hydrogens (tertiary/aromatic N) is 1. The van der Waals surface area contributed by atoms with Crippen molar-refractivity contribution in [2.75, 3.05) is 0 Å². The fourth-order valence-corrected chi connectivity index (χ4v) is 4.48. The molecular formula is C22H24N2O4. The Balaban J connectivity index is 1.55. The van der Waals surface area contributed by atoms with E-state index in [1.807, 2.05) is 36.4 Å². The van der Waals surface area contributed by atoms with Crippen LogP contribution in [0.2, 0.25) is 0 Å². The van der Waals surface area contributed by atoms with Gasteiger partial charge in [0.2, 0.25) is 5.91 Å². The quantitative estimate of drug-likeness (QED) is 0.857. The molecular weight excluding hydrogens is 356 g/mol. The van der Waals surface area contributed by atoms with Crippen LogP contribution in [-0.2, 0) is 9.59 Å². The summed E-state index contributed by atoms with van der Waals surface area (Å²) in [6, 6.07) is 11.8. The van der Waals surface area contributed by atoms with Crippen molar-refractivity contribution < 1.29 is 19.5 Å². The minimum atomic E-state index is -0.962. The van der Waals surface area contributed by atoms with Gasteiger partial charge in [0.1, 0.15) is 12.1 Å². The van der Waals surface area contributed by atoms with Gasteiger partial charge in [0.25, 0.3) is 5.91 Å². The second-order valence-corrected chi connectivity index (χ2v) is 7.70. The fourth-order valence-electron chi connectivity index (χ4n) is 4.48. The predicted octanol–water partition coefficient (Wildman–Crippen LogP) is 2.96. The zero-order valence-electron chi connectivity index (χ0n) is 15.6. The highest BCUT2D eigenvalue weighted by Gasteiger charge is 2.43. The normalized spacial score (nSPS) is 25.1. The van der Waals surface area contributed by atoms with Gasteiger partial charge >= 0.3 is 5.97 Å². The van der Waals surface area contributed by atoms with Gasteiger partial charge in [-0.3, -0.25) is 9.59 Å². The number of aliphatic carboxylic acids is 1. The summed E-state index contributed by atoms with van der Waals surface area (Å²) >= 11 is 0. The van der Waals surface area contributed by atoms with Crippen LogP contribution in [0.1, 0.15) is 48.9 Å². The highest BCUT2D eigenvalue weighted by molar-refractivity contribution is 6.01. The van der Waals surface area contributed by atoms with E-state index in [1.54, 1.807) is 6.07 Å². The van der Waals surface area contributed by atoms with Crippen LogP contribution in [0.4, 0.5) is 0 Å². The Hall–Kier alpha value is -2.89. The molecule has 2 aliphatic heterocycles. The van der Waals surface area contributed by atoms with Gasteiger partial charge in [0.05, 0.1) is 0 Å². The lowest BCUT2D eigenvalue weighted by Gasteiger charge is -2.34. The standard InChI is InChI=1S/C22H24N2O4/c25-20(16-10-9-14-5-1-2-6-15(14)13-16)23-18-8-4-3-7-17-11-12-19(22(27)28)24(17)21(18)26/h1-2,5-6,9-10,13,17-19H,3-4,7-8,11-12H2,(H,23,25)(H,27,28)/t17-,18-,19-/m0/s1. The monoisotopic (exact) mass is 380 g/mol. The molecule has 2 N–H and O–H groups in total. The third kappa shape index (κ3) is 3.46. The van der Waals surface area contributed by atoms with E-state index in [9.17, 15) is 19.5 Å². The number of nitrogens with one attached hydrogen (secondary N) is 1. The number of carboxylic acid groups (broad SMARTS) is 1. The maximum atomic E-state index is 13.1. The number of hydrogen-bond acceptors (Lipinski definition) is 3. The van der Waals surface area contributed by atoms with Gasteiger partial charge in [-0.2, -0.15) is 0 Å². The van der Waals surface area contributed by atoms with Crippen LogP contribution in [0, 0.1) is 0 Å². The average Bonchev–Trinajstić information content (AvgIpc) is 3.11. The molecule has 2 aromatic carbocycles. The van der Waals surface area contributed by atoms with Gasteiger partial charge in [-0.15, -0.1) is 0 Å². The van der Waals surface area contributed by atoms with Gasteiger partial charge in [0.15, 0.2) is 0 Å². The summed E-state index contributed by atoms with van der Waals surface area (Å²) in [5.41, 5.74) is 0.501. The van der Waals surface area contributed by atoms with Crippen molar-refractivity contribution in [3.63, 3.8) is 0 Å². The minimum Gasteiger partial charge on any atom is -0.480 e. The molecule has 2 saturated heterocycles. The Bertz CT molecular complexity index is 926. The van der Waals surface area contributed by atoms with Crippen LogP contribution < -0.4 is 5.32 Å². The molecule has 0 aromatic heterocycles. The lowest BCUT2D eigenvalue weighted by molar-refractivity contribution is -0.151. The van der Waals surface area contributed by atoms with E-state index in [4.69, 9.17) is 0 Å². The summed E-state index contributed by atoms with van der Waals surface area (Å²) < 4.78 is 0. The van der Waals surface area contributed by atoms with E-state index in [0.717, 1.165) is 30.0 Å². The van der Waals surface area contributed by atoms with Crippen molar-refractivity contribution >= 4 is 28.6 Å². The molecule has 2 amide bonds. The van der Waals surface area contributed by atoms with Crippen LogP contribution >= 0.6 is 0 Å². The molecule has 0 saturated carbocycles. The fraction of sp³-hybridized carbons (Fsp3) is 0.409. The zero-order chi connectivity index (χ0) is 19.7. The maximum absolute atomic E-state index is 13.1. The Morgan fingerprint density at radius 3 is 2.50 bits per heavy atom. The third-order valence-corrected chi connectivity index (χ3v) is 5.94.